The quantitative estimate of drug-likeness (QED) is 0.862. The van der Waals surface area contributed by atoms with E-state index in [0.717, 1.165) is 16.7 Å². The smallest absolute Gasteiger partial charge is 0.167 e. The van der Waals surface area contributed by atoms with Crippen molar-refractivity contribution in [1.82, 2.24) is 0 Å². The zero-order chi connectivity index (χ0) is 14.7. The molecule has 0 atom stereocenters. The summed E-state index contributed by atoms with van der Waals surface area (Å²) in [5, 5.41) is 0. The van der Waals surface area contributed by atoms with Crippen molar-refractivity contribution in [3.8, 4) is 0 Å². The molecule has 0 aliphatic carbocycles. The van der Waals surface area contributed by atoms with Crippen LogP contribution in [0, 0.1) is 20.8 Å². The molecule has 0 aromatic heterocycles. The number of nitrogens with two attached hydrogens (primary N) is 1. The normalized spacial score (nSPS) is 10.6. The van der Waals surface area contributed by atoms with Crippen molar-refractivity contribution in [3.05, 3.63) is 69.8 Å². The summed E-state index contributed by atoms with van der Waals surface area (Å²) in [6.45, 7) is 6.72. The van der Waals surface area contributed by atoms with Gasteiger partial charge in [-0.2, -0.15) is 0 Å². The molecule has 104 valence electrons. The third-order valence-corrected chi connectivity index (χ3v) is 3.69. The van der Waals surface area contributed by atoms with E-state index >= 15 is 0 Å². The molecule has 0 unspecified atom stereocenters. The minimum Gasteiger partial charge on any atom is -0.326 e. The topological polar surface area (TPSA) is 43.1 Å². The standard InChI is InChI=1S/C18H21NO/c1-12-8-13(2)17(14(3)9-12)10-18(20)16-6-4-15(11-19)5-7-16/h4-9H,10-11,19H2,1-3H3. The van der Waals surface area contributed by atoms with Gasteiger partial charge in [0.15, 0.2) is 5.78 Å². The lowest BCUT2D eigenvalue weighted by Gasteiger charge is -2.11. The number of carbonyl (C=O) groups excluding carboxylic acids is 1. The fourth-order valence-electron chi connectivity index (χ4n) is 2.58. The van der Waals surface area contributed by atoms with Crippen molar-refractivity contribution in [2.75, 3.05) is 0 Å². The molecule has 0 fully saturated rings. The van der Waals surface area contributed by atoms with Crippen LogP contribution < -0.4 is 5.73 Å². The van der Waals surface area contributed by atoms with Crippen molar-refractivity contribution in [3.63, 3.8) is 0 Å². The van der Waals surface area contributed by atoms with E-state index in [1.54, 1.807) is 0 Å². The zero-order valence-corrected chi connectivity index (χ0v) is 12.4. The summed E-state index contributed by atoms with van der Waals surface area (Å²) in [5.41, 5.74) is 12.1. The lowest BCUT2D eigenvalue weighted by molar-refractivity contribution is 0.0992. The molecular formula is C18H21NO. The highest BCUT2D eigenvalue weighted by molar-refractivity contribution is 5.97. The van der Waals surface area contributed by atoms with Gasteiger partial charge in [-0.15, -0.1) is 0 Å². The second-order valence-electron chi connectivity index (χ2n) is 5.38. The first kappa shape index (κ1) is 14.5. The Labute approximate surface area is 120 Å². The lowest BCUT2D eigenvalue weighted by atomic mass is 9.93. The fourth-order valence-corrected chi connectivity index (χ4v) is 2.58. The maximum absolute atomic E-state index is 12.4. The van der Waals surface area contributed by atoms with Crippen LogP contribution in [0.15, 0.2) is 36.4 Å². The van der Waals surface area contributed by atoms with Crippen LogP contribution in [0.1, 0.15) is 38.2 Å². The highest BCUT2D eigenvalue weighted by Crippen LogP contribution is 2.19. The first-order valence-corrected chi connectivity index (χ1v) is 6.90. The van der Waals surface area contributed by atoms with Crippen LogP contribution in [0.4, 0.5) is 0 Å². The highest BCUT2D eigenvalue weighted by Gasteiger charge is 2.11. The molecule has 2 aromatic rings. The SMILES string of the molecule is Cc1cc(C)c(CC(=O)c2ccc(CN)cc2)c(C)c1. The molecule has 0 amide bonds. The van der Waals surface area contributed by atoms with Crippen molar-refractivity contribution in [2.45, 2.75) is 33.7 Å². The first-order valence-electron chi connectivity index (χ1n) is 6.90. The Bertz CT molecular complexity index is 603. The zero-order valence-electron chi connectivity index (χ0n) is 12.4. The number of rotatable bonds is 4. The van der Waals surface area contributed by atoms with Crippen LogP contribution in [0.3, 0.4) is 0 Å². The van der Waals surface area contributed by atoms with Crippen molar-refractivity contribution in [2.24, 2.45) is 5.73 Å². The number of carbonyl (C=O) groups is 1. The van der Waals surface area contributed by atoms with Crippen molar-refractivity contribution < 1.29 is 4.79 Å². The number of aryl methyl sites for hydroxylation is 3. The van der Waals surface area contributed by atoms with Crippen LogP contribution >= 0.6 is 0 Å². The monoisotopic (exact) mass is 267 g/mol. The van der Waals surface area contributed by atoms with Crippen molar-refractivity contribution in [1.29, 1.82) is 0 Å². The van der Waals surface area contributed by atoms with E-state index < -0.39 is 0 Å². The molecule has 0 spiro atoms. The fraction of sp³-hybridized carbons (Fsp3) is 0.278. The predicted molar refractivity (Wildman–Crippen MR) is 83.0 cm³/mol. The number of Topliss-reactive ketones (excluding diaryl/α,β-unsaturated/α-hetero) is 1. The molecule has 0 bridgehead atoms. The summed E-state index contributed by atoms with van der Waals surface area (Å²) in [6.07, 6.45) is 0.458. The van der Waals surface area contributed by atoms with Gasteiger partial charge in [0.1, 0.15) is 0 Å². The third kappa shape index (κ3) is 3.14. The second kappa shape index (κ2) is 6.02. The molecule has 0 saturated heterocycles. The Hall–Kier alpha value is -1.93. The van der Waals surface area contributed by atoms with E-state index in [1.165, 1.54) is 16.7 Å². The summed E-state index contributed by atoms with van der Waals surface area (Å²) >= 11 is 0. The Morgan fingerprint density at radius 2 is 1.55 bits per heavy atom. The molecular weight excluding hydrogens is 246 g/mol. The summed E-state index contributed by atoms with van der Waals surface area (Å²) < 4.78 is 0. The molecule has 0 aliphatic rings. The van der Waals surface area contributed by atoms with E-state index in [0.29, 0.717) is 13.0 Å². The molecule has 2 aromatic carbocycles. The lowest BCUT2D eigenvalue weighted by Crippen LogP contribution is -2.07. The van der Waals surface area contributed by atoms with Crippen LogP contribution in [0.25, 0.3) is 0 Å². The maximum Gasteiger partial charge on any atom is 0.167 e. The Balaban J connectivity index is 2.23. The average molecular weight is 267 g/mol. The summed E-state index contributed by atoms with van der Waals surface area (Å²) in [5.74, 6) is 0.156. The average Bonchev–Trinajstić information content (AvgIpc) is 2.42. The minimum absolute atomic E-state index is 0.156. The molecule has 0 aliphatic heterocycles. The summed E-state index contributed by atoms with van der Waals surface area (Å²) in [6, 6.07) is 11.8. The van der Waals surface area contributed by atoms with Crippen LogP contribution in [0.2, 0.25) is 0 Å². The highest BCUT2D eigenvalue weighted by atomic mass is 16.1. The van der Waals surface area contributed by atoms with Crippen LogP contribution in [-0.2, 0) is 13.0 Å². The van der Waals surface area contributed by atoms with E-state index in [-0.39, 0.29) is 5.78 Å². The first-order chi connectivity index (χ1) is 9.51. The van der Waals surface area contributed by atoms with Gasteiger partial charge in [0.2, 0.25) is 0 Å². The molecule has 0 radical (unpaired) electrons. The number of hydrogen-bond acceptors (Lipinski definition) is 2. The Morgan fingerprint density at radius 1 is 1.00 bits per heavy atom. The van der Waals surface area contributed by atoms with Gasteiger partial charge >= 0.3 is 0 Å². The van der Waals surface area contributed by atoms with Gasteiger partial charge in [-0.3, -0.25) is 4.79 Å². The van der Waals surface area contributed by atoms with Gasteiger partial charge in [-0.1, -0.05) is 42.0 Å². The van der Waals surface area contributed by atoms with Gasteiger partial charge in [0.05, 0.1) is 0 Å². The number of hydrogen-bond donors (Lipinski definition) is 1. The number of ketones is 1. The Morgan fingerprint density at radius 3 is 2.05 bits per heavy atom. The van der Waals surface area contributed by atoms with E-state index in [2.05, 4.69) is 32.9 Å². The molecule has 2 N–H and O–H groups in total. The Kier molecular flexibility index (Phi) is 4.35. The molecule has 2 rings (SSSR count). The largest absolute Gasteiger partial charge is 0.326 e. The predicted octanol–water partition coefficient (Wildman–Crippen LogP) is 3.50. The third-order valence-electron chi connectivity index (χ3n) is 3.69. The van der Waals surface area contributed by atoms with Gasteiger partial charge in [-0.05, 0) is 43.0 Å². The van der Waals surface area contributed by atoms with E-state index in [4.69, 9.17) is 5.73 Å². The molecule has 0 heterocycles. The second-order valence-corrected chi connectivity index (χ2v) is 5.38. The molecule has 2 nitrogen and oxygen atoms in total. The minimum atomic E-state index is 0.156. The molecule has 2 heteroatoms. The van der Waals surface area contributed by atoms with Crippen molar-refractivity contribution >= 4 is 5.78 Å². The molecule has 0 saturated carbocycles. The van der Waals surface area contributed by atoms with Gasteiger partial charge < -0.3 is 5.73 Å². The van der Waals surface area contributed by atoms with E-state index in [1.807, 2.05) is 24.3 Å². The molecule has 20 heavy (non-hydrogen) atoms. The van der Waals surface area contributed by atoms with Crippen LogP contribution in [0.5, 0.6) is 0 Å². The number of benzene rings is 2. The summed E-state index contributed by atoms with van der Waals surface area (Å²) in [4.78, 5) is 12.4. The van der Waals surface area contributed by atoms with Crippen LogP contribution in [-0.4, -0.2) is 5.78 Å². The van der Waals surface area contributed by atoms with Gasteiger partial charge in [0, 0.05) is 18.5 Å². The summed E-state index contributed by atoms with van der Waals surface area (Å²) in [7, 11) is 0. The van der Waals surface area contributed by atoms with E-state index in [9.17, 15) is 4.79 Å². The van der Waals surface area contributed by atoms with Gasteiger partial charge in [0.25, 0.3) is 0 Å². The van der Waals surface area contributed by atoms with Gasteiger partial charge in [-0.25, -0.2) is 0 Å². The maximum atomic E-state index is 12.4.